The highest BCUT2D eigenvalue weighted by Crippen LogP contribution is 2.40. The average molecular weight is 521 g/mol. The van der Waals surface area contributed by atoms with Gasteiger partial charge in [-0.3, -0.25) is 4.79 Å². The lowest BCUT2D eigenvalue weighted by molar-refractivity contribution is 0.0981. The summed E-state index contributed by atoms with van der Waals surface area (Å²) in [6.45, 7) is 2.15. The number of aryl methyl sites for hydroxylation is 1. The molecule has 0 saturated heterocycles. The lowest BCUT2D eigenvalue weighted by atomic mass is 9.71. The second kappa shape index (κ2) is 11.2. The molecule has 1 saturated carbocycles. The van der Waals surface area contributed by atoms with Crippen molar-refractivity contribution in [3.63, 3.8) is 0 Å². The molecule has 4 rings (SSSR count). The third kappa shape index (κ3) is 6.68. The highest BCUT2D eigenvalue weighted by molar-refractivity contribution is 7.89. The fraction of sp³-hybridized carbons (Fsp3) is 0.500. The van der Waals surface area contributed by atoms with Gasteiger partial charge in [-0.25, -0.2) is 13.1 Å². The van der Waals surface area contributed by atoms with E-state index in [9.17, 15) is 18.3 Å². The van der Waals surface area contributed by atoms with Crippen LogP contribution in [0.2, 0.25) is 5.02 Å². The van der Waals surface area contributed by atoms with E-state index in [4.69, 9.17) is 16.3 Å². The van der Waals surface area contributed by atoms with Crippen LogP contribution in [0.5, 0.6) is 5.75 Å². The number of anilines is 1. The summed E-state index contributed by atoms with van der Waals surface area (Å²) in [6.07, 6.45) is 6.83. The number of fused-ring (bicyclic) bond motifs is 2. The highest BCUT2D eigenvalue weighted by atomic mass is 35.5. The van der Waals surface area contributed by atoms with Gasteiger partial charge in [-0.05, 0) is 91.8 Å². The zero-order valence-corrected chi connectivity index (χ0v) is 21.6. The molecule has 2 aliphatic rings. The molecule has 1 aliphatic carbocycles. The SMILES string of the molecule is CS(=O)(=O)NC(=O)c1ccc2c(c1)N(C[C@@H]1CC[C@H]1CCO)CCCCc1cc(Cl)ccc1CO2. The summed E-state index contributed by atoms with van der Waals surface area (Å²) < 4.78 is 31.6. The van der Waals surface area contributed by atoms with Gasteiger partial charge in [0.05, 0.1) is 11.9 Å². The van der Waals surface area contributed by atoms with E-state index >= 15 is 0 Å². The van der Waals surface area contributed by atoms with Crippen molar-refractivity contribution >= 4 is 33.2 Å². The average Bonchev–Trinajstić information content (AvgIpc) is 2.82. The molecule has 0 spiro atoms. The van der Waals surface area contributed by atoms with E-state index in [-0.39, 0.29) is 12.2 Å². The van der Waals surface area contributed by atoms with Crippen LogP contribution >= 0.6 is 11.6 Å². The van der Waals surface area contributed by atoms with Crippen LogP contribution in [-0.2, 0) is 23.1 Å². The van der Waals surface area contributed by atoms with Crippen LogP contribution in [0.3, 0.4) is 0 Å². The van der Waals surface area contributed by atoms with Crippen molar-refractivity contribution < 1.29 is 23.1 Å². The van der Waals surface area contributed by atoms with E-state index in [0.29, 0.717) is 29.2 Å². The van der Waals surface area contributed by atoms with Crippen molar-refractivity contribution in [2.45, 2.75) is 45.1 Å². The van der Waals surface area contributed by atoms with Gasteiger partial charge in [0.1, 0.15) is 12.4 Å². The standard InChI is InChI=1S/C26H33ClN2O5S/c1-35(32,33)28-26(31)20-8-10-25-24(15-20)29(16-21-6-5-18(21)11-13-30)12-3-2-4-19-14-23(27)9-7-22(19)17-34-25/h7-10,14-15,18,21,30H,2-6,11-13,16-17H2,1H3,(H,28,31)/t18-,21-/m0/s1. The minimum atomic E-state index is -3.68. The van der Waals surface area contributed by atoms with Gasteiger partial charge in [-0.15, -0.1) is 0 Å². The third-order valence-electron chi connectivity index (χ3n) is 7.05. The molecule has 0 unspecified atom stereocenters. The van der Waals surface area contributed by atoms with E-state index < -0.39 is 15.9 Å². The van der Waals surface area contributed by atoms with Crippen LogP contribution in [-0.4, -0.2) is 45.4 Å². The first-order valence-corrected chi connectivity index (χ1v) is 14.4. The Hall–Kier alpha value is -2.29. The number of nitrogens with one attached hydrogen (secondary N) is 1. The minimum Gasteiger partial charge on any atom is -0.487 e. The first-order chi connectivity index (χ1) is 16.7. The molecule has 1 heterocycles. The van der Waals surface area contributed by atoms with Gasteiger partial charge in [0, 0.05) is 30.3 Å². The van der Waals surface area contributed by atoms with Crippen LogP contribution in [0.25, 0.3) is 0 Å². The molecule has 35 heavy (non-hydrogen) atoms. The number of hydrogen-bond donors (Lipinski definition) is 2. The van der Waals surface area contributed by atoms with Gasteiger partial charge < -0.3 is 14.7 Å². The van der Waals surface area contributed by atoms with Crippen LogP contribution in [0.1, 0.15) is 53.6 Å². The molecule has 0 aromatic heterocycles. The molecule has 9 heteroatoms. The van der Waals surface area contributed by atoms with Crippen molar-refractivity contribution in [1.82, 2.24) is 4.72 Å². The van der Waals surface area contributed by atoms with Crippen molar-refractivity contribution in [1.29, 1.82) is 0 Å². The fourth-order valence-electron chi connectivity index (χ4n) is 5.01. The van der Waals surface area contributed by atoms with Crippen LogP contribution in [0.4, 0.5) is 5.69 Å². The molecular formula is C26H33ClN2O5S. The molecule has 2 atom stereocenters. The Labute approximate surface area is 212 Å². The van der Waals surface area contributed by atoms with Crippen molar-refractivity contribution in [3.05, 3.63) is 58.1 Å². The molecule has 1 aliphatic heterocycles. The molecular weight excluding hydrogens is 488 g/mol. The summed E-state index contributed by atoms with van der Waals surface area (Å²) in [4.78, 5) is 14.9. The number of sulfonamides is 1. The van der Waals surface area contributed by atoms with E-state index in [1.54, 1.807) is 18.2 Å². The largest absolute Gasteiger partial charge is 0.487 e. The predicted octanol–water partition coefficient (Wildman–Crippen LogP) is 4.16. The maximum Gasteiger partial charge on any atom is 0.264 e. The Bertz CT molecular complexity index is 1170. The fourth-order valence-corrected chi connectivity index (χ4v) is 5.66. The summed E-state index contributed by atoms with van der Waals surface area (Å²) >= 11 is 6.24. The topological polar surface area (TPSA) is 95.9 Å². The molecule has 190 valence electrons. The molecule has 0 bridgehead atoms. The number of halogens is 1. The first kappa shape index (κ1) is 25.8. The smallest absolute Gasteiger partial charge is 0.264 e. The first-order valence-electron chi connectivity index (χ1n) is 12.2. The van der Waals surface area contributed by atoms with E-state index in [1.165, 1.54) is 5.56 Å². The number of benzene rings is 2. The monoisotopic (exact) mass is 520 g/mol. The zero-order valence-electron chi connectivity index (χ0n) is 20.0. The number of aliphatic hydroxyl groups is 1. The summed E-state index contributed by atoms with van der Waals surface area (Å²) in [6, 6.07) is 10.9. The lowest BCUT2D eigenvalue weighted by Gasteiger charge is -2.41. The molecule has 7 nitrogen and oxygen atoms in total. The highest BCUT2D eigenvalue weighted by Gasteiger charge is 2.32. The Balaban J connectivity index is 1.67. The Morgan fingerprint density at radius 1 is 1.14 bits per heavy atom. The molecule has 0 radical (unpaired) electrons. The number of ether oxygens (including phenoxy) is 1. The Morgan fingerprint density at radius 2 is 1.94 bits per heavy atom. The minimum absolute atomic E-state index is 0.192. The summed E-state index contributed by atoms with van der Waals surface area (Å²) in [5.41, 5.74) is 3.32. The second-order valence-electron chi connectivity index (χ2n) is 9.60. The molecule has 2 aromatic rings. The van der Waals surface area contributed by atoms with Gasteiger partial charge in [0.15, 0.2) is 0 Å². The number of aliphatic hydroxyl groups excluding tert-OH is 1. The van der Waals surface area contributed by atoms with Crippen LogP contribution in [0, 0.1) is 11.8 Å². The van der Waals surface area contributed by atoms with E-state index in [1.807, 2.05) is 18.2 Å². The summed E-state index contributed by atoms with van der Waals surface area (Å²) in [7, 11) is -3.68. The Morgan fingerprint density at radius 3 is 2.66 bits per heavy atom. The van der Waals surface area contributed by atoms with Crippen molar-refractivity contribution in [2.75, 3.05) is 30.9 Å². The number of carbonyl (C=O) groups is 1. The molecule has 2 aromatic carbocycles. The Kier molecular flexibility index (Phi) is 8.24. The number of amides is 1. The molecule has 1 amide bonds. The van der Waals surface area contributed by atoms with Gasteiger partial charge >= 0.3 is 0 Å². The lowest BCUT2D eigenvalue weighted by Crippen LogP contribution is -2.39. The molecule has 1 fully saturated rings. The number of nitrogens with zero attached hydrogens (tertiary/aromatic N) is 1. The summed E-state index contributed by atoms with van der Waals surface area (Å²) in [5, 5.41) is 10.1. The maximum atomic E-state index is 12.6. The molecule has 2 N–H and O–H groups in total. The van der Waals surface area contributed by atoms with Gasteiger partial charge in [0.2, 0.25) is 10.0 Å². The van der Waals surface area contributed by atoms with Crippen molar-refractivity contribution in [2.24, 2.45) is 11.8 Å². The summed E-state index contributed by atoms with van der Waals surface area (Å²) in [5.74, 6) is 0.948. The van der Waals surface area contributed by atoms with Crippen LogP contribution in [0.15, 0.2) is 36.4 Å². The van der Waals surface area contributed by atoms with Crippen molar-refractivity contribution in [3.8, 4) is 5.75 Å². The third-order valence-corrected chi connectivity index (χ3v) is 7.84. The number of carbonyl (C=O) groups excluding carboxylic acids is 1. The predicted molar refractivity (Wildman–Crippen MR) is 138 cm³/mol. The van der Waals surface area contributed by atoms with Crippen LogP contribution < -0.4 is 14.4 Å². The number of rotatable bonds is 6. The normalized spacial score (nSPS) is 20.5. The quantitative estimate of drug-likeness (QED) is 0.593. The number of hydrogen-bond acceptors (Lipinski definition) is 6. The van der Waals surface area contributed by atoms with Gasteiger partial charge in [-0.1, -0.05) is 17.7 Å². The zero-order chi connectivity index (χ0) is 25.0. The van der Waals surface area contributed by atoms with Gasteiger partial charge in [0.25, 0.3) is 5.91 Å². The maximum absolute atomic E-state index is 12.6. The van der Waals surface area contributed by atoms with E-state index in [2.05, 4.69) is 9.62 Å². The van der Waals surface area contributed by atoms with Gasteiger partial charge in [-0.2, -0.15) is 0 Å². The second-order valence-corrected chi connectivity index (χ2v) is 11.8. The van der Waals surface area contributed by atoms with E-state index in [0.717, 1.165) is 69.1 Å².